The predicted octanol–water partition coefficient (Wildman–Crippen LogP) is 3.85. The van der Waals surface area contributed by atoms with Crippen LogP contribution in [0, 0.1) is 5.92 Å². The molecule has 0 spiro atoms. The van der Waals surface area contributed by atoms with Crippen molar-refractivity contribution in [3.63, 3.8) is 0 Å². The van der Waals surface area contributed by atoms with E-state index in [4.69, 9.17) is 11.6 Å². The van der Waals surface area contributed by atoms with Gasteiger partial charge in [-0.3, -0.25) is 20.5 Å². The SMILES string of the molecule is CC1NNC(C)C1CCC(=O)N1CCN(C(c2ccccc2)c2ccc(Cl)cc2)CC1. The van der Waals surface area contributed by atoms with Gasteiger partial charge >= 0.3 is 0 Å². The summed E-state index contributed by atoms with van der Waals surface area (Å²) in [6.07, 6.45) is 1.56. The number of nitrogens with one attached hydrogen (secondary N) is 2. The van der Waals surface area contributed by atoms with E-state index in [1.54, 1.807) is 0 Å². The molecule has 0 saturated carbocycles. The molecule has 2 fully saturated rings. The lowest BCUT2D eigenvalue weighted by Gasteiger charge is -2.40. The van der Waals surface area contributed by atoms with E-state index in [9.17, 15) is 4.79 Å². The summed E-state index contributed by atoms with van der Waals surface area (Å²) in [5.41, 5.74) is 9.08. The Hall–Kier alpha value is -1.92. The number of nitrogens with zero attached hydrogens (tertiary/aromatic N) is 2. The highest BCUT2D eigenvalue weighted by atomic mass is 35.5. The Morgan fingerprint density at radius 2 is 1.52 bits per heavy atom. The number of halogens is 1. The molecule has 2 aromatic carbocycles. The zero-order chi connectivity index (χ0) is 21.8. The molecule has 6 heteroatoms. The third-order valence-corrected chi connectivity index (χ3v) is 7.10. The molecule has 0 bridgehead atoms. The molecule has 0 radical (unpaired) electrons. The van der Waals surface area contributed by atoms with Crippen molar-refractivity contribution in [2.24, 2.45) is 5.92 Å². The summed E-state index contributed by atoms with van der Waals surface area (Å²) in [7, 11) is 0. The minimum absolute atomic E-state index is 0.174. The summed E-state index contributed by atoms with van der Waals surface area (Å²) in [5, 5.41) is 0.752. The zero-order valence-corrected chi connectivity index (χ0v) is 19.2. The lowest BCUT2D eigenvalue weighted by atomic mass is 9.91. The third-order valence-electron chi connectivity index (χ3n) is 6.85. The van der Waals surface area contributed by atoms with Crippen LogP contribution < -0.4 is 10.9 Å². The molecule has 3 unspecified atom stereocenters. The molecular formula is C25H33ClN4O. The number of carbonyl (C=O) groups is 1. The van der Waals surface area contributed by atoms with Gasteiger partial charge in [-0.2, -0.15) is 0 Å². The van der Waals surface area contributed by atoms with Crippen LogP contribution in [-0.4, -0.2) is 54.0 Å². The van der Waals surface area contributed by atoms with E-state index in [1.165, 1.54) is 11.1 Å². The predicted molar refractivity (Wildman–Crippen MR) is 126 cm³/mol. The summed E-state index contributed by atoms with van der Waals surface area (Å²) >= 11 is 6.13. The number of piperazine rings is 1. The van der Waals surface area contributed by atoms with E-state index in [0.717, 1.165) is 37.6 Å². The van der Waals surface area contributed by atoms with Crippen molar-refractivity contribution >= 4 is 17.5 Å². The van der Waals surface area contributed by atoms with E-state index in [0.29, 0.717) is 24.4 Å². The van der Waals surface area contributed by atoms with Crippen LogP contribution in [0.5, 0.6) is 0 Å². The number of benzene rings is 2. The van der Waals surface area contributed by atoms with Crippen LogP contribution in [0.1, 0.15) is 43.9 Å². The number of hydrazine groups is 1. The second-order valence-electron chi connectivity index (χ2n) is 8.85. The van der Waals surface area contributed by atoms with E-state index < -0.39 is 0 Å². The highest BCUT2D eigenvalue weighted by Gasteiger charge is 2.32. The van der Waals surface area contributed by atoms with Gasteiger partial charge in [0.1, 0.15) is 0 Å². The lowest BCUT2D eigenvalue weighted by molar-refractivity contribution is -0.133. The number of rotatable bonds is 6. The van der Waals surface area contributed by atoms with Crippen LogP contribution in [0.3, 0.4) is 0 Å². The number of hydrogen-bond acceptors (Lipinski definition) is 4. The molecule has 2 aromatic rings. The molecule has 5 nitrogen and oxygen atoms in total. The second kappa shape index (κ2) is 10.1. The molecule has 0 aromatic heterocycles. The van der Waals surface area contributed by atoms with Crippen LogP contribution in [0.15, 0.2) is 54.6 Å². The Bertz CT molecular complexity index is 842. The van der Waals surface area contributed by atoms with Gasteiger partial charge in [-0.1, -0.05) is 54.1 Å². The average Bonchev–Trinajstić information content (AvgIpc) is 3.12. The highest BCUT2D eigenvalue weighted by Crippen LogP contribution is 2.30. The van der Waals surface area contributed by atoms with Crippen molar-refractivity contribution < 1.29 is 4.79 Å². The van der Waals surface area contributed by atoms with Crippen LogP contribution in [0.2, 0.25) is 5.02 Å². The summed E-state index contributed by atoms with van der Waals surface area (Å²) < 4.78 is 0. The normalized spacial score (nSPS) is 25.5. The molecule has 0 aliphatic carbocycles. The quantitative estimate of drug-likeness (QED) is 0.716. The van der Waals surface area contributed by atoms with Gasteiger partial charge in [0.05, 0.1) is 6.04 Å². The zero-order valence-electron chi connectivity index (χ0n) is 18.4. The molecule has 1 amide bonds. The molecule has 3 atom stereocenters. The van der Waals surface area contributed by atoms with Gasteiger partial charge in [0.25, 0.3) is 0 Å². The highest BCUT2D eigenvalue weighted by molar-refractivity contribution is 6.30. The Labute approximate surface area is 190 Å². The smallest absolute Gasteiger partial charge is 0.222 e. The van der Waals surface area contributed by atoms with Crippen molar-refractivity contribution in [2.45, 2.75) is 44.8 Å². The monoisotopic (exact) mass is 440 g/mol. The molecule has 4 rings (SSSR count). The summed E-state index contributed by atoms with van der Waals surface area (Å²) in [6, 6.07) is 19.7. The van der Waals surface area contributed by atoms with Gasteiger partial charge in [0, 0.05) is 49.7 Å². The molecule has 2 heterocycles. The summed E-state index contributed by atoms with van der Waals surface area (Å²) in [6.45, 7) is 7.67. The van der Waals surface area contributed by atoms with Crippen molar-refractivity contribution in [2.75, 3.05) is 26.2 Å². The van der Waals surface area contributed by atoms with Crippen molar-refractivity contribution in [3.8, 4) is 0 Å². The van der Waals surface area contributed by atoms with Crippen LogP contribution in [0.4, 0.5) is 0 Å². The van der Waals surface area contributed by atoms with Crippen molar-refractivity contribution in [1.29, 1.82) is 0 Å². The lowest BCUT2D eigenvalue weighted by Crippen LogP contribution is -2.50. The third kappa shape index (κ3) is 5.29. The van der Waals surface area contributed by atoms with E-state index in [1.807, 2.05) is 17.0 Å². The minimum atomic E-state index is 0.174. The Morgan fingerprint density at radius 1 is 0.935 bits per heavy atom. The first-order valence-corrected chi connectivity index (χ1v) is 11.7. The van der Waals surface area contributed by atoms with Crippen molar-refractivity contribution in [1.82, 2.24) is 20.7 Å². The Morgan fingerprint density at radius 3 is 2.13 bits per heavy atom. The van der Waals surface area contributed by atoms with Crippen LogP contribution in [0.25, 0.3) is 0 Å². The van der Waals surface area contributed by atoms with Gasteiger partial charge in [0.15, 0.2) is 0 Å². The molecule has 2 aliphatic heterocycles. The first-order chi connectivity index (χ1) is 15.0. The van der Waals surface area contributed by atoms with Gasteiger partial charge in [-0.25, -0.2) is 0 Å². The first kappa shape index (κ1) is 22.3. The van der Waals surface area contributed by atoms with Gasteiger partial charge in [-0.05, 0) is 49.4 Å². The largest absolute Gasteiger partial charge is 0.340 e. The van der Waals surface area contributed by atoms with Gasteiger partial charge in [0.2, 0.25) is 5.91 Å². The maximum Gasteiger partial charge on any atom is 0.222 e. The number of amides is 1. The second-order valence-corrected chi connectivity index (χ2v) is 9.29. The van der Waals surface area contributed by atoms with E-state index >= 15 is 0 Å². The van der Waals surface area contributed by atoms with E-state index in [2.05, 4.69) is 72.1 Å². The minimum Gasteiger partial charge on any atom is -0.340 e. The number of hydrogen-bond donors (Lipinski definition) is 2. The molecule has 2 N–H and O–H groups in total. The summed E-state index contributed by atoms with van der Waals surface area (Å²) in [4.78, 5) is 17.4. The molecule has 2 aliphatic rings. The van der Waals surface area contributed by atoms with Gasteiger partial charge in [-0.15, -0.1) is 0 Å². The molecular weight excluding hydrogens is 408 g/mol. The fourth-order valence-corrected chi connectivity index (χ4v) is 5.11. The standard InChI is InChI=1S/C25H33ClN4O/c1-18-23(19(2)28-27-18)12-13-24(31)29-14-16-30(17-15-29)25(20-6-4-3-5-7-20)21-8-10-22(26)11-9-21/h3-11,18-19,23,25,27-28H,12-17H2,1-2H3. The Balaban J connectivity index is 1.38. The molecule has 31 heavy (non-hydrogen) atoms. The first-order valence-electron chi connectivity index (χ1n) is 11.4. The van der Waals surface area contributed by atoms with Gasteiger partial charge < -0.3 is 4.90 Å². The van der Waals surface area contributed by atoms with E-state index in [-0.39, 0.29) is 11.9 Å². The topological polar surface area (TPSA) is 47.6 Å². The van der Waals surface area contributed by atoms with Crippen LogP contribution >= 0.6 is 11.6 Å². The maximum atomic E-state index is 12.9. The van der Waals surface area contributed by atoms with Crippen molar-refractivity contribution in [3.05, 3.63) is 70.7 Å². The molecule has 2 saturated heterocycles. The molecule has 166 valence electrons. The summed E-state index contributed by atoms with van der Waals surface area (Å²) in [5.74, 6) is 0.784. The maximum absolute atomic E-state index is 12.9. The number of carbonyl (C=O) groups excluding carboxylic acids is 1. The van der Waals surface area contributed by atoms with Crippen LogP contribution in [-0.2, 0) is 4.79 Å². The average molecular weight is 441 g/mol. The fraction of sp³-hybridized carbons (Fsp3) is 0.480. The fourth-order valence-electron chi connectivity index (χ4n) is 4.98. The Kier molecular flexibility index (Phi) is 7.28.